The maximum absolute atomic E-state index is 12.6. The molecule has 1 saturated heterocycles. The van der Waals surface area contributed by atoms with Crippen molar-refractivity contribution in [1.29, 1.82) is 0 Å². The molecule has 0 radical (unpaired) electrons. The topological polar surface area (TPSA) is 44.1 Å². The lowest BCUT2D eigenvalue weighted by molar-refractivity contribution is 0.0960. The average molecular weight is 276 g/mol. The molecule has 5 heteroatoms. The number of aromatic nitrogens is 2. The molecule has 4 nitrogen and oxygen atoms in total. The Morgan fingerprint density at radius 1 is 1.42 bits per heavy atom. The number of hydrogen-bond acceptors (Lipinski definition) is 4. The lowest BCUT2D eigenvalue weighted by atomic mass is 10.2. The standard InChI is InChI=1S/C14H16N2O2S/c17-14-12-10-4-1-5-11(10)19-13(12)15-8-16(14)7-9-3-2-6-18-9/h8-9H,1-7H2/t9-/m1/s1. The first-order valence-corrected chi connectivity index (χ1v) is 7.76. The van der Waals surface area contributed by atoms with Crippen molar-refractivity contribution < 1.29 is 4.74 Å². The van der Waals surface area contributed by atoms with E-state index in [9.17, 15) is 4.79 Å². The normalized spacial score (nSPS) is 22.2. The van der Waals surface area contributed by atoms with E-state index in [0.29, 0.717) is 6.54 Å². The Morgan fingerprint density at radius 2 is 2.37 bits per heavy atom. The van der Waals surface area contributed by atoms with Gasteiger partial charge >= 0.3 is 0 Å². The van der Waals surface area contributed by atoms with Crippen molar-refractivity contribution in [3.63, 3.8) is 0 Å². The summed E-state index contributed by atoms with van der Waals surface area (Å²) in [6.45, 7) is 1.47. The van der Waals surface area contributed by atoms with Crippen molar-refractivity contribution >= 4 is 21.6 Å². The minimum absolute atomic E-state index is 0.125. The number of rotatable bonds is 2. The molecule has 0 unspecified atom stereocenters. The van der Waals surface area contributed by atoms with E-state index >= 15 is 0 Å². The van der Waals surface area contributed by atoms with Crippen molar-refractivity contribution in [2.75, 3.05) is 6.61 Å². The summed E-state index contributed by atoms with van der Waals surface area (Å²) in [6, 6.07) is 0. The highest BCUT2D eigenvalue weighted by molar-refractivity contribution is 7.18. The van der Waals surface area contributed by atoms with Crippen LogP contribution in [-0.2, 0) is 24.1 Å². The quantitative estimate of drug-likeness (QED) is 0.844. The van der Waals surface area contributed by atoms with Crippen LogP contribution in [0.2, 0.25) is 0 Å². The van der Waals surface area contributed by atoms with Crippen molar-refractivity contribution in [2.24, 2.45) is 0 Å². The van der Waals surface area contributed by atoms with Crippen LogP contribution in [0.15, 0.2) is 11.1 Å². The van der Waals surface area contributed by atoms with Crippen LogP contribution in [0.1, 0.15) is 29.7 Å². The van der Waals surface area contributed by atoms with E-state index in [1.54, 1.807) is 22.2 Å². The molecule has 0 spiro atoms. The molecule has 2 aliphatic rings. The van der Waals surface area contributed by atoms with E-state index < -0.39 is 0 Å². The number of hydrogen-bond donors (Lipinski definition) is 0. The third-order valence-corrected chi connectivity index (χ3v) is 5.32. The van der Waals surface area contributed by atoms with E-state index in [-0.39, 0.29) is 11.7 Å². The van der Waals surface area contributed by atoms with Gasteiger partial charge in [-0.05, 0) is 37.7 Å². The van der Waals surface area contributed by atoms with Crippen LogP contribution in [-0.4, -0.2) is 22.3 Å². The summed E-state index contributed by atoms with van der Waals surface area (Å²) < 4.78 is 7.35. The Kier molecular flexibility index (Phi) is 2.70. The summed E-state index contributed by atoms with van der Waals surface area (Å²) >= 11 is 1.70. The molecule has 0 saturated carbocycles. The summed E-state index contributed by atoms with van der Waals surface area (Å²) in [7, 11) is 0. The predicted octanol–water partition coefficient (Wildman–Crippen LogP) is 2.13. The van der Waals surface area contributed by atoms with Gasteiger partial charge < -0.3 is 4.74 Å². The Hall–Kier alpha value is -1.20. The maximum Gasteiger partial charge on any atom is 0.262 e. The summed E-state index contributed by atoms with van der Waals surface area (Å²) in [5.41, 5.74) is 1.39. The summed E-state index contributed by atoms with van der Waals surface area (Å²) in [4.78, 5) is 19.4. The first-order chi connectivity index (χ1) is 9.33. The number of thiophene rings is 1. The Balaban J connectivity index is 1.79. The number of nitrogens with zero attached hydrogens (tertiary/aromatic N) is 2. The zero-order valence-electron chi connectivity index (χ0n) is 10.7. The number of aryl methyl sites for hydroxylation is 2. The van der Waals surface area contributed by atoms with Crippen LogP contribution in [0.5, 0.6) is 0 Å². The lowest BCUT2D eigenvalue weighted by Gasteiger charge is -2.11. The minimum Gasteiger partial charge on any atom is -0.376 e. The highest BCUT2D eigenvalue weighted by atomic mass is 32.1. The van der Waals surface area contributed by atoms with Gasteiger partial charge in [-0.2, -0.15) is 0 Å². The number of fused-ring (bicyclic) bond motifs is 3. The molecule has 1 atom stereocenters. The third-order valence-electron chi connectivity index (χ3n) is 4.12. The van der Waals surface area contributed by atoms with Gasteiger partial charge in [-0.1, -0.05) is 0 Å². The second-order valence-corrected chi connectivity index (χ2v) is 6.46. The molecule has 0 bridgehead atoms. The zero-order chi connectivity index (χ0) is 12.8. The molecule has 0 N–H and O–H groups in total. The molecule has 19 heavy (non-hydrogen) atoms. The molecule has 1 aliphatic heterocycles. The smallest absolute Gasteiger partial charge is 0.262 e. The Bertz CT molecular complexity index is 683. The van der Waals surface area contributed by atoms with Crippen molar-refractivity contribution in [2.45, 2.75) is 44.8 Å². The second kappa shape index (κ2) is 4.42. The van der Waals surface area contributed by atoms with E-state index in [1.165, 1.54) is 16.9 Å². The van der Waals surface area contributed by atoms with Crippen LogP contribution in [0.4, 0.5) is 0 Å². The molecule has 0 aromatic carbocycles. The van der Waals surface area contributed by atoms with Crippen LogP contribution >= 0.6 is 11.3 Å². The largest absolute Gasteiger partial charge is 0.376 e. The molecular formula is C14H16N2O2S. The maximum atomic E-state index is 12.6. The van der Waals surface area contributed by atoms with Crippen molar-refractivity contribution in [1.82, 2.24) is 9.55 Å². The fourth-order valence-corrected chi connectivity index (χ4v) is 4.38. The van der Waals surface area contributed by atoms with Crippen molar-refractivity contribution in [3.05, 3.63) is 27.1 Å². The van der Waals surface area contributed by atoms with E-state index in [4.69, 9.17) is 4.74 Å². The fourth-order valence-electron chi connectivity index (χ4n) is 3.16. The third kappa shape index (κ3) is 1.83. The van der Waals surface area contributed by atoms with Gasteiger partial charge in [0.1, 0.15) is 4.83 Å². The van der Waals surface area contributed by atoms with Crippen LogP contribution in [0, 0.1) is 0 Å². The number of ether oxygens (including phenoxy) is 1. The van der Waals surface area contributed by atoms with Crippen LogP contribution < -0.4 is 5.56 Å². The summed E-state index contributed by atoms with van der Waals surface area (Å²) in [5.74, 6) is 0. The first kappa shape index (κ1) is 11.6. The predicted molar refractivity (Wildman–Crippen MR) is 74.9 cm³/mol. The van der Waals surface area contributed by atoms with Gasteiger partial charge in [0.2, 0.25) is 0 Å². The SMILES string of the molecule is O=c1c2c3c(sc2ncn1C[C@H]1CCCO1)CCC3. The Morgan fingerprint density at radius 3 is 3.21 bits per heavy atom. The summed E-state index contributed by atoms with van der Waals surface area (Å²) in [6.07, 6.45) is 7.35. The van der Waals surface area contributed by atoms with Gasteiger partial charge in [0.15, 0.2) is 0 Å². The van der Waals surface area contributed by atoms with Crippen LogP contribution in [0.3, 0.4) is 0 Å². The van der Waals surface area contributed by atoms with Crippen LogP contribution in [0.25, 0.3) is 10.2 Å². The summed E-state index contributed by atoms with van der Waals surface area (Å²) in [5, 5.41) is 0.873. The van der Waals surface area contributed by atoms with Gasteiger partial charge in [-0.15, -0.1) is 11.3 Å². The highest BCUT2D eigenvalue weighted by Gasteiger charge is 2.22. The molecule has 4 rings (SSSR count). The molecule has 2 aromatic rings. The molecular weight excluding hydrogens is 260 g/mol. The average Bonchev–Trinajstić information content (AvgIpc) is 3.08. The first-order valence-electron chi connectivity index (χ1n) is 6.94. The van der Waals surface area contributed by atoms with E-state index in [0.717, 1.165) is 42.5 Å². The molecule has 100 valence electrons. The van der Waals surface area contributed by atoms with Gasteiger partial charge in [-0.25, -0.2) is 4.98 Å². The van der Waals surface area contributed by atoms with Crippen molar-refractivity contribution in [3.8, 4) is 0 Å². The Labute approximate surface area is 115 Å². The molecule has 0 amide bonds. The van der Waals surface area contributed by atoms with Gasteiger partial charge in [0.05, 0.1) is 24.4 Å². The van der Waals surface area contributed by atoms with E-state index in [1.807, 2.05) is 0 Å². The minimum atomic E-state index is 0.125. The lowest BCUT2D eigenvalue weighted by Crippen LogP contribution is -2.26. The molecule has 1 fully saturated rings. The molecule has 1 aliphatic carbocycles. The van der Waals surface area contributed by atoms with Gasteiger partial charge in [-0.3, -0.25) is 9.36 Å². The monoisotopic (exact) mass is 276 g/mol. The van der Waals surface area contributed by atoms with E-state index in [2.05, 4.69) is 4.98 Å². The zero-order valence-corrected chi connectivity index (χ0v) is 11.5. The fraction of sp³-hybridized carbons (Fsp3) is 0.571. The molecule has 3 heterocycles. The highest BCUT2D eigenvalue weighted by Crippen LogP contribution is 2.34. The molecule has 2 aromatic heterocycles. The second-order valence-electron chi connectivity index (χ2n) is 5.37. The van der Waals surface area contributed by atoms with Gasteiger partial charge in [0.25, 0.3) is 5.56 Å². The van der Waals surface area contributed by atoms with Gasteiger partial charge in [0, 0.05) is 11.5 Å².